The first-order chi connectivity index (χ1) is 25.7. The second-order valence-corrected chi connectivity index (χ2v) is 18.2. The quantitative estimate of drug-likeness (QED) is 0.303. The number of sulfonamides is 1. The van der Waals surface area contributed by atoms with Gasteiger partial charge in [0.1, 0.15) is 23.7 Å². The van der Waals surface area contributed by atoms with Crippen LogP contribution < -0.4 is 25.0 Å². The number of carbonyl (C=O) groups is 4. The van der Waals surface area contributed by atoms with E-state index in [-0.39, 0.29) is 25.3 Å². The number of carboxylic acid groups (broad SMARTS) is 1. The number of anilines is 1. The Kier molecular flexibility index (Phi) is 10.3. The lowest BCUT2D eigenvalue weighted by molar-refractivity contribution is -0.142. The third kappa shape index (κ3) is 7.46. The molecule has 4 fully saturated rings. The topological polar surface area (TPSA) is 197 Å². The van der Waals surface area contributed by atoms with Crippen molar-refractivity contribution in [1.29, 1.82) is 0 Å². The molecule has 16 heteroatoms. The summed E-state index contributed by atoms with van der Waals surface area (Å²) in [7, 11) is -4.00. The summed E-state index contributed by atoms with van der Waals surface area (Å²) in [6, 6.07) is 5.48. The largest absolute Gasteiger partial charge is 0.472 e. The second-order valence-electron chi connectivity index (χ2n) is 16.0. The summed E-state index contributed by atoms with van der Waals surface area (Å²) >= 11 is 0. The average Bonchev–Trinajstić information content (AvgIpc) is 4.02. The highest BCUT2D eigenvalue weighted by Gasteiger charge is 2.63. The maximum atomic E-state index is 14.5. The van der Waals surface area contributed by atoms with Crippen molar-refractivity contribution in [3.05, 3.63) is 42.6 Å². The number of pyridine rings is 1. The lowest BCUT2D eigenvalue weighted by atomic mass is 9.88. The number of fused-ring (bicyclic) bond motifs is 3. The van der Waals surface area contributed by atoms with E-state index in [1.165, 1.54) is 4.90 Å². The van der Waals surface area contributed by atoms with E-state index in [2.05, 4.69) is 25.2 Å². The third-order valence-electron chi connectivity index (χ3n) is 11.9. The van der Waals surface area contributed by atoms with E-state index in [1.807, 2.05) is 50.3 Å². The zero-order chi connectivity index (χ0) is 38.4. The normalized spacial score (nSPS) is 31.9. The highest BCUT2D eigenvalue weighted by molar-refractivity contribution is 7.91. The Hall–Kier alpha value is -4.44. The molecule has 3 aliphatic heterocycles. The standard InChI is InChI=1S/C38H50N6O9S/c1-23-7-4-5-8-25-21-38(25,35(47)42-54(50,51)37(3)12-13-37)41-32(45)30-20-26(22-44(30)34(46)31(24(2)19-23)40-36(48)49)53-33-28-9-6-10-29(27(28)11-14-39-33)43-15-17-52-18-16-43/h5-6,8-11,14,23-26,30-31,40H,4,7,12-13,15-22H2,1-3H3,(H,41,45)(H,42,47)(H,48,49)/b8-5-/t23-,24+,25+,26+,30-,31-,38+/m0/s1. The number of morpholine rings is 1. The van der Waals surface area contributed by atoms with E-state index in [0.717, 1.165) is 36.0 Å². The van der Waals surface area contributed by atoms with Gasteiger partial charge in [-0.25, -0.2) is 18.2 Å². The Morgan fingerprint density at radius 2 is 1.85 bits per heavy atom. The van der Waals surface area contributed by atoms with Crippen molar-refractivity contribution >= 4 is 50.3 Å². The first kappa shape index (κ1) is 37.9. The Bertz CT molecular complexity index is 1950. The molecule has 2 aromatic rings. The number of hydrogen-bond acceptors (Lipinski definition) is 10. The van der Waals surface area contributed by atoms with Crippen LogP contribution in [0.15, 0.2) is 42.6 Å². The highest BCUT2D eigenvalue weighted by atomic mass is 32.2. The molecule has 4 heterocycles. The fourth-order valence-electron chi connectivity index (χ4n) is 8.23. The van der Waals surface area contributed by atoms with Crippen LogP contribution in [-0.4, -0.2) is 109 Å². The summed E-state index contributed by atoms with van der Waals surface area (Å²) in [6.45, 7) is 8.10. The van der Waals surface area contributed by atoms with Gasteiger partial charge < -0.3 is 35.0 Å². The maximum Gasteiger partial charge on any atom is 0.405 e. The molecule has 0 unspecified atom stereocenters. The maximum absolute atomic E-state index is 14.5. The third-order valence-corrected chi connectivity index (χ3v) is 14.1. The van der Waals surface area contributed by atoms with Gasteiger partial charge in [0.2, 0.25) is 27.7 Å². The van der Waals surface area contributed by atoms with Gasteiger partial charge in [-0.05, 0) is 75.5 Å². The van der Waals surface area contributed by atoms with Crippen molar-refractivity contribution in [1.82, 2.24) is 25.2 Å². The van der Waals surface area contributed by atoms with Crippen LogP contribution in [0.5, 0.6) is 5.88 Å². The number of rotatable bonds is 7. The predicted molar refractivity (Wildman–Crippen MR) is 199 cm³/mol. The molecule has 4 amide bonds. The summed E-state index contributed by atoms with van der Waals surface area (Å²) in [6.07, 6.45) is 6.40. The zero-order valence-corrected chi connectivity index (χ0v) is 31.8. The Morgan fingerprint density at radius 1 is 1.09 bits per heavy atom. The molecule has 7 rings (SSSR count). The van der Waals surface area contributed by atoms with E-state index in [1.54, 1.807) is 13.1 Å². The van der Waals surface area contributed by atoms with Crippen molar-refractivity contribution in [3.63, 3.8) is 0 Å². The van der Waals surface area contributed by atoms with Crippen LogP contribution >= 0.6 is 0 Å². The lowest BCUT2D eigenvalue weighted by Crippen LogP contribution is -2.59. The molecule has 292 valence electrons. The van der Waals surface area contributed by atoms with E-state index >= 15 is 0 Å². The van der Waals surface area contributed by atoms with Crippen LogP contribution in [0.4, 0.5) is 10.5 Å². The molecular weight excluding hydrogens is 717 g/mol. The first-order valence-electron chi connectivity index (χ1n) is 18.9. The van der Waals surface area contributed by atoms with E-state index in [0.29, 0.717) is 44.8 Å². The van der Waals surface area contributed by atoms with Crippen LogP contribution in [-0.2, 0) is 29.1 Å². The zero-order valence-electron chi connectivity index (χ0n) is 31.0. The first-order valence-corrected chi connectivity index (χ1v) is 20.4. The summed E-state index contributed by atoms with van der Waals surface area (Å²) in [4.78, 5) is 62.9. The van der Waals surface area contributed by atoms with Crippen LogP contribution in [0.1, 0.15) is 65.7 Å². The minimum atomic E-state index is -4.00. The van der Waals surface area contributed by atoms with E-state index in [9.17, 15) is 32.7 Å². The number of ether oxygens (including phenoxy) is 2. The molecule has 1 aromatic carbocycles. The molecule has 15 nitrogen and oxygen atoms in total. The lowest BCUT2D eigenvalue weighted by Gasteiger charge is -2.32. The van der Waals surface area contributed by atoms with Crippen LogP contribution in [0.25, 0.3) is 10.8 Å². The van der Waals surface area contributed by atoms with Gasteiger partial charge in [-0.15, -0.1) is 0 Å². The Balaban J connectivity index is 1.21. The average molecular weight is 767 g/mol. The molecule has 2 aliphatic carbocycles. The van der Waals surface area contributed by atoms with Crippen molar-refractivity contribution in [2.24, 2.45) is 17.8 Å². The summed E-state index contributed by atoms with van der Waals surface area (Å²) < 4.78 is 39.6. The minimum absolute atomic E-state index is 0.0257. The van der Waals surface area contributed by atoms with E-state index in [4.69, 9.17) is 9.47 Å². The number of aromatic nitrogens is 1. The number of hydrogen-bond donors (Lipinski definition) is 4. The number of nitrogens with zero attached hydrogens (tertiary/aromatic N) is 3. The number of allylic oxidation sites excluding steroid dienone is 1. The number of nitrogens with one attached hydrogen (secondary N) is 3. The van der Waals surface area contributed by atoms with Crippen LogP contribution in [0, 0.1) is 17.8 Å². The summed E-state index contributed by atoms with van der Waals surface area (Å²) in [5.74, 6) is -2.44. The van der Waals surface area contributed by atoms with Crippen molar-refractivity contribution < 1.29 is 42.2 Å². The SMILES string of the molecule is C[C@H]1CC/C=C\[C@@H]2C[C@@]2(C(=O)NS(=O)(=O)C2(C)CC2)NC(=O)[C@@H]2C[C@@H](Oc3nccc4c(N5CCOCC5)cccc34)CN2C(=O)[C@@H](NC(=O)O)[C@H](C)C1. The molecule has 54 heavy (non-hydrogen) atoms. The fourth-order valence-corrected chi connectivity index (χ4v) is 9.54. The van der Waals surface area contributed by atoms with Gasteiger partial charge in [0.15, 0.2) is 0 Å². The van der Waals surface area contributed by atoms with Gasteiger partial charge in [-0.1, -0.05) is 32.1 Å². The number of amides is 4. The van der Waals surface area contributed by atoms with Crippen LogP contribution in [0.2, 0.25) is 0 Å². The van der Waals surface area contributed by atoms with E-state index < -0.39 is 74.1 Å². The summed E-state index contributed by atoms with van der Waals surface area (Å²) in [5.41, 5.74) is -0.526. The molecule has 0 radical (unpaired) electrons. The second kappa shape index (κ2) is 14.7. The Morgan fingerprint density at radius 3 is 2.57 bits per heavy atom. The highest BCUT2D eigenvalue weighted by Crippen LogP contribution is 2.47. The molecule has 4 N–H and O–H groups in total. The monoisotopic (exact) mass is 766 g/mol. The molecule has 1 aromatic heterocycles. The van der Waals surface area contributed by atoms with Gasteiger partial charge in [-0.3, -0.25) is 19.1 Å². The number of benzene rings is 1. The molecule has 2 saturated carbocycles. The predicted octanol–water partition coefficient (Wildman–Crippen LogP) is 2.94. The molecule has 0 spiro atoms. The van der Waals surface area contributed by atoms with Gasteiger partial charge in [0.25, 0.3) is 5.91 Å². The van der Waals surface area contributed by atoms with Crippen molar-refractivity contribution in [3.8, 4) is 5.88 Å². The summed E-state index contributed by atoms with van der Waals surface area (Å²) in [5, 5.41) is 16.8. The molecule has 2 saturated heterocycles. The Labute approximate surface area is 315 Å². The van der Waals surface area contributed by atoms with Gasteiger partial charge >= 0.3 is 6.09 Å². The molecule has 0 bridgehead atoms. The van der Waals surface area contributed by atoms with Gasteiger partial charge in [0, 0.05) is 48.1 Å². The fraction of sp³-hybridized carbons (Fsp3) is 0.605. The van der Waals surface area contributed by atoms with Gasteiger partial charge in [-0.2, -0.15) is 0 Å². The molecule has 7 atom stereocenters. The van der Waals surface area contributed by atoms with Crippen molar-refractivity contribution in [2.45, 2.75) is 94.2 Å². The van der Waals surface area contributed by atoms with Crippen molar-refractivity contribution in [2.75, 3.05) is 37.7 Å². The van der Waals surface area contributed by atoms with Crippen LogP contribution in [0.3, 0.4) is 0 Å². The number of carbonyl (C=O) groups excluding carboxylic acids is 3. The molecular formula is C38H50N6O9S. The smallest absolute Gasteiger partial charge is 0.405 e. The minimum Gasteiger partial charge on any atom is -0.472 e. The van der Waals surface area contributed by atoms with Gasteiger partial charge in [0.05, 0.1) is 24.5 Å². The molecule has 5 aliphatic rings.